The Morgan fingerprint density at radius 2 is 2.12 bits per heavy atom. The molecule has 1 aromatic carbocycles. The molecular weight excluding hydrogens is 219 g/mol. The molecule has 1 aliphatic heterocycles. The van der Waals surface area contributed by atoms with Crippen LogP contribution in [0.25, 0.3) is 0 Å². The lowest BCUT2D eigenvalue weighted by atomic mass is 10.2. The Bertz CT molecular complexity index is 445. The molecule has 0 spiro atoms. The second-order valence-electron chi connectivity index (χ2n) is 4.75. The first-order valence-electron chi connectivity index (χ1n) is 6.07. The third kappa shape index (κ3) is 2.17. The molecule has 1 aliphatic carbocycles. The van der Waals surface area contributed by atoms with Gasteiger partial charge in [0.1, 0.15) is 5.82 Å². The van der Waals surface area contributed by atoms with Crippen molar-refractivity contribution in [2.24, 2.45) is 0 Å². The molecule has 1 atom stereocenters. The van der Waals surface area contributed by atoms with Gasteiger partial charge in [0.15, 0.2) is 0 Å². The van der Waals surface area contributed by atoms with Crippen molar-refractivity contribution < 1.29 is 9.18 Å². The molecule has 1 heterocycles. The summed E-state index contributed by atoms with van der Waals surface area (Å²) in [6.45, 7) is 0.673. The molecule has 1 N–H and O–H groups in total. The highest BCUT2D eigenvalue weighted by Gasteiger charge is 2.36. The van der Waals surface area contributed by atoms with Crippen LogP contribution in [0.5, 0.6) is 0 Å². The molecule has 2 aliphatic rings. The topological polar surface area (TPSA) is 32.3 Å². The molecule has 0 aromatic heterocycles. The highest BCUT2D eigenvalue weighted by molar-refractivity contribution is 5.99. The summed E-state index contributed by atoms with van der Waals surface area (Å²) in [6, 6.07) is 6.67. The zero-order valence-corrected chi connectivity index (χ0v) is 9.53. The van der Waals surface area contributed by atoms with Crippen LogP contribution >= 0.6 is 0 Å². The lowest BCUT2D eigenvalue weighted by molar-refractivity contribution is -0.118. The van der Waals surface area contributed by atoms with Gasteiger partial charge in [-0.1, -0.05) is 6.07 Å². The number of benzene rings is 1. The minimum Gasteiger partial charge on any atom is -0.311 e. The average Bonchev–Trinajstić information content (AvgIpc) is 3.04. The Morgan fingerprint density at radius 1 is 1.29 bits per heavy atom. The molecule has 0 bridgehead atoms. The predicted octanol–water partition coefficient (Wildman–Crippen LogP) is 1.68. The Morgan fingerprint density at radius 3 is 2.82 bits per heavy atom. The number of halogens is 1. The van der Waals surface area contributed by atoms with Gasteiger partial charge >= 0.3 is 0 Å². The van der Waals surface area contributed by atoms with E-state index in [1.165, 1.54) is 25.0 Å². The van der Waals surface area contributed by atoms with E-state index in [4.69, 9.17) is 0 Å². The van der Waals surface area contributed by atoms with E-state index in [9.17, 15) is 9.18 Å². The van der Waals surface area contributed by atoms with Crippen molar-refractivity contribution in [2.75, 3.05) is 11.4 Å². The number of nitrogens with zero attached hydrogens (tertiary/aromatic N) is 1. The van der Waals surface area contributed by atoms with E-state index in [1.54, 1.807) is 17.0 Å². The van der Waals surface area contributed by atoms with Gasteiger partial charge in [-0.15, -0.1) is 0 Å². The smallest absolute Gasteiger partial charge is 0.244 e. The van der Waals surface area contributed by atoms with E-state index in [0.29, 0.717) is 18.3 Å². The van der Waals surface area contributed by atoms with Crippen LogP contribution in [0, 0.1) is 5.82 Å². The van der Waals surface area contributed by atoms with Crippen molar-refractivity contribution in [2.45, 2.75) is 31.3 Å². The Kier molecular flexibility index (Phi) is 2.59. The van der Waals surface area contributed by atoms with Crippen LogP contribution in [0.3, 0.4) is 0 Å². The number of hydrogen-bond acceptors (Lipinski definition) is 2. The standard InChI is InChI=1S/C13H15FN2O/c14-9-2-1-3-11(8-9)16-7-6-12(13(16)17)15-10-4-5-10/h1-3,8,10,12,15H,4-7H2. The van der Waals surface area contributed by atoms with Gasteiger partial charge in [0, 0.05) is 18.3 Å². The van der Waals surface area contributed by atoms with Gasteiger partial charge in [0.25, 0.3) is 0 Å². The highest BCUT2D eigenvalue weighted by Crippen LogP contribution is 2.25. The van der Waals surface area contributed by atoms with Crippen LogP contribution in [-0.4, -0.2) is 24.5 Å². The maximum absolute atomic E-state index is 13.1. The molecule has 4 heteroatoms. The fraction of sp³-hybridized carbons (Fsp3) is 0.462. The van der Waals surface area contributed by atoms with Crippen molar-refractivity contribution in [3.63, 3.8) is 0 Å². The van der Waals surface area contributed by atoms with Crippen molar-refractivity contribution in [1.82, 2.24) is 5.32 Å². The van der Waals surface area contributed by atoms with Gasteiger partial charge < -0.3 is 10.2 Å². The van der Waals surface area contributed by atoms with E-state index < -0.39 is 0 Å². The number of carbonyl (C=O) groups is 1. The maximum atomic E-state index is 13.1. The molecule has 1 aromatic rings. The summed E-state index contributed by atoms with van der Waals surface area (Å²) in [4.78, 5) is 13.8. The normalized spacial score (nSPS) is 24.4. The van der Waals surface area contributed by atoms with E-state index in [2.05, 4.69) is 5.32 Å². The minimum atomic E-state index is -0.297. The van der Waals surface area contributed by atoms with Crippen LogP contribution in [0.15, 0.2) is 24.3 Å². The van der Waals surface area contributed by atoms with Crippen molar-refractivity contribution in [1.29, 1.82) is 0 Å². The summed E-state index contributed by atoms with van der Waals surface area (Å²) >= 11 is 0. The number of rotatable bonds is 3. The lowest BCUT2D eigenvalue weighted by Gasteiger charge is -2.17. The minimum absolute atomic E-state index is 0.0718. The Labute approximate surface area is 99.6 Å². The van der Waals surface area contributed by atoms with Gasteiger partial charge in [0.2, 0.25) is 5.91 Å². The molecule has 17 heavy (non-hydrogen) atoms. The van der Waals surface area contributed by atoms with Crippen LogP contribution < -0.4 is 10.2 Å². The molecule has 1 saturated carbocycles. The summed E-state index contributed by atoms with van der Waals surface area (Å²) in [5, 5.41) is 3.33. The summed E-state index contributed by atoms with van der Waals surface area (Å²) in [5.74, 6) is -0.226. The number of carbonyl (C=O) groups excluding carboxylic acids is 1. The monoisotopic (exact) mass is 234 g/mol. The summed E-state index contributed by atoms with van der Waals surface area (Å²) in [6.07, 6.45) is 3.15. The SMILES string of the molecule is O=C1C(NC2CC2)CCN1c1cccc(F)c1. The molecule has 1 amide bonds. The third-order valence-electron chi connectivity index (χ3n) is 3.34. The fourth-order valence-electron chi connectivity index (χ4n) is 2.27. The van der Waals surface area contributed by atoms with E-state index in [1.807, 2.05) is 0 Å². The molecule has 3 rings (SSSR count). The largest absolute Gasteiger partial charge is 0.311 e. The quantitative estimate of drug-likeness (QED) is 0.863. The summed E-state index contributed by atoms with van der Waals surface area (Å²) < 4.78 is 13.1. The van der Waals surface area contributed by atoms with Gasteiger partial charge in [-0.25, -0.2) is 4.39 Å². The molecule has 3 nitrogen and oxygen atoms in total. The fourth-order valence-corrected chi connectivity index (χ4v) is 2.27. The van der Waals surface area contributed by atoms with Crippen LogP contribution in [-0.2, 0) is 4.79 Å². The first-order chi connectivity index (χ1) is 8.24. The number of amides is 1. The number of hydrogen-bond donors (Lipinski definition) is 1. The molecule has 1 unspecified atom stereocenters. The zero-order valence-electron chi connectivity index (χ0n) is 9.53. The summed E-state index contributed by atoms with van der Waals surface area (Å²) in [7, 11) is 0. The Hall–Kier alpha value is -1.42. The molecule has 2 fully saturated rings. The average molecular weight is 234 g/mol. The van der Waals surface area contributed by atoms with Gasteiger partial charge in [-0.2, -0.15) is 0 Å². The number of anilines is 1. The van der Waals surface area contributed by atoms with E-state index in [0.717, 1.165) is 6.42 Å². The second kappa shape index (κ2) is 4.11. The number of nitrogens with one attached hydrogen (secondary N) is 1. The van der Waals surface area contributed by atoms with E-state index >= 15 is 0 Å². The molecule has 1 saturated heterocycles. The van der Waals surface area contributed by atoms with Crippen LogP contribution in [0.2, 0.25) is 0 Å². The molecule has 90 valence electrons. The lowest BCUT2D eigenvalue weighted by Crippen LogP contribution is -2.39. The first kappa shape index (κ1) is 10.7. The van der Waals surface area contributed by atoms with Gasteiger partial charge in [-0.3, -0.25) is 4.79 Å². The summed E-state index contributed by atoms with van der Waals surface area (Å²) in [5.41, 5.74) is 0.662. The molecule has 0 radical (unpaired) electrons. The Balaban J connectivity index is 1.74. The molecular formula is C13H15FN2O. The zero-order chi connectivity index (χ0) is 11.8. The van der Waals surface area contributed by atoms with Crippen molar-refractivity contribution >= 4 is 11.6 Å². The van der Waals surface area contributed by atoms with Crippen molar-refractivity contribution in [3.05, 3.63) is 30.1 Å². The van der Waals surface area contributed by atoms with Gasteiger partial charge in [-0.05, 0) is 37.5 Å². The van der Waals surface area contributed by atoms with Gasteiger partial charge in [0.05, 0.1) is 6.04 Å². The van der Waals surface area contributed by atoms with Crippen LogP contribution in [0.1, 0.15) is 19.3 Å². The predicted molar refractivity (Wildman–Crippen MR) is 63.3 cm³/mol. The highest BCUT2D eigenvalue weighted by atomic mass is 19.1. The maximum Gasteiger partial charge on any atom is 0.244 e. The van der Waals surface area contributed by atoms with Crippen molar-refractivity contribution in [3.8, 4) is 0 Å². The third-order valence-corrected chi connectivity index (χ3v) is 3.34. The first-order valence-corrected chi connectivity index (χ1v) is 6.07. The van der Waals surface area contributed by atoms with E-state index in [-0.39, 0.29) is 17.8 Å². The second-order valence-corrected chi connectivity index (χ2v) is 4.75. The van der Waals surface area contributed by atoms with Crippen LogP contribution in [0.4, 0.5) is 10.1 Å².